The van der Waals surface area contributed by atoms with Crippen LogP contribution in [0.1, 0.15) is 25.7 Å². The molecule has 0 saturated carbocycles. The van der Waals surface area contributed by atoms with Gasteiger partial charge in [-0.2, -0.15) is 0 Å². The molecule has 0 saturated heterocycles. The third kappa shape index (κ3) is 3.43. The molecule has 0 atom stereocenters. The molecule has 5 heteroatoms. The number of aromatic nitrogens is 2. The summed E-state index contributed by atoms with van der Waals surface area (Å²) < 4.78 is 2.13. The summed E-state index contributed by atoms with van der Waals surface area (Å²) in [6.45, 7) is 0.896. The second-order valence-electron chi connectivity index (χ2n) is 4.13. The molecule has 0 fully saturated rings. The van der Waals surface area contributed by atoms with E-state index in [0.717, 1.165) is 31.6 Å². The summed E-state index contributed by atoms with van der Waals surface area (Å²) in [4.78, 5) is 15.9. The van der Waals surface area contributed by atoms with Crippen molar-refractivity contribution in [2.24, 2.45) is 0 Å². The van der Waals surface area contributed by atoms with Crippen LogP contribution < -0.4 is 0 Å². The quantitative estimate of drug-likeness (QED) is 0.781. The molecule has 1 N–H and O–H groups in total. The molecule has 18 heavy (non-hydrogen) atoms. The lowest BCUT2D eigenvalue weighted by Gasteiger charge is -2.05. The number of hydrogen-bond acceptors (Lipinski definition) is 3. The highest BCUT2D eigenvalue weighted by Gasteiger charge is 2.06. The van der Waals surface area contributed by atoms with Gasteiger partial charge in [0, 0.05) is 25.4 Å². The molecule has 0 aliphatic carbocycles. The topological polar surface area (TPSA) is 55.1 Å². The summed E-state index contributed by atoms with van der Waals surface area (Å²) in [5.74, 6) is 0.292. The summed E-state index contributed by atoms with van der Waals surface area (Å²) in [6.07, 6.45) is 6.73. The number of carboxylic acids is 1. The van der Waals surface area contributed by atoms with Gasteiger partial charge in [-0.3, -0.25) is 4.79 Å². The lowest BCUT2D eigenvalue weighted by Crippen LogP contribution is -2.00. The Bertz CT molecular complexity index is 491. The Hall–Kier alpha value is -1.62. The molecule has 2 aromatic heterocycles. The van der Waals surface area contributed by atoms with E-state index in [1.165, 1.54) is 4.88 Å². The van der Waals surface area contributed by atoms with Crippen LogP contribution in [0.5, 0.6) is 0 Å². The monoisotopic (exact) mass is 264 g/mol. The first-order valence-corrected chi connectivity index (χ1v) is 6.92. The molecule has 0 aliphatic heterocycles. The number of nitrogens with zero attached hydrogens (tertiary/aromatic N) is 2. The van der Waals surface area contributed by atoms with E-state index in [2.05, 4.69) is 15.6 Å². The Morgan fingerprint density at radius 3 is 3.00 bits per heavy atom. The molecule has 0 aliphatic rings. The van der Waals surface area contributed by atoms with Crippen LogP contribution in [0, 0.1) is 0 Å². The minimum absolute atomic E-state index is 0.266. The van der Waals surface area contributed by atoms with Gasteiger partial charge in [-0.25, -0.2) is 4.98 Å². The highest BCUT2D eigenvalue weighted by atomic mass is 32.1. The van der Waals surface area contributed by atoms with Crippen molar-refractivity contribution in [3.63, 3.8) is 0 Å². The first-order chi connectivity index (χ1) is 8.77. The van der Waals surface area contributed by atoms with Crippen LogP contribution in [0.4, 0.5) is 0 Å². The van der Waals surface area contributed by atoms with Crippen LogP contribution in [0.15, 0.2) is 29.9 Å². The van der Waals surface area contributed by atoms with E-state index in [4.69, 9.17) is 5.11 Å². The van der Waals surface area contributed by atoms with Gasteiger partial charge in [0.25, 0.3) is 0 Å². The number of hydrogen-bond donors (Lipinski definition) is 1. The maximum Gasteiger partial charge on any atom is 0.303 e. The summed E-state index contributed by atoms with van der Waals surface area (Å²) in [5, 5.41) is 10.6. The molecule has 2 heterocycles. The van der Waals surface area contributed by atoms with Crippen molar-refractivity contribution in [1.29, 1.82) is 0 Å². The van der Waals surface area contributed by atoms with E-state index in [1.54, 1.807) is 11.3 Å². The lowest BCUT2D eigenvalue weighted by molar-refractivity contribution is -0.137. The Balaban J connectivity index is 1.83. The summed E-state index contributed by atoms with van der Waals surface area (Å²) in [5.41, 5.74) is 0. The average molecular weight is 264 g/mol. The molecule has 0 unspecified atom stereocenters. The van der Waals surface area contributed by atoms with Gasteiger partial charge in [-0.15, -0.1) is 11.3 Å². The lowest BCUT2D eigenvalue weighted by atomic mass is 10.2. The van der Waals surface area contributed by atoms with Crippen molar-refractivity contribution >= 4 is 17.3 Å². The van der Waals surface area contributed by atoms with Gasteiger partial charge in [0.2, 0.25) is 0 Å². The van der Waals surface area contributed by atoms with Gasteiger partial charge >= 0.3 is 5.97 Å². The van der Waals surface area contributed by atoms with Gasteiger partial charge in [0.05, 0.1) is 4.88 Å². The van der Waals surface area contributed by atoms with Crippen molar-refractivity contribution < 1.29 is 9.90 Å². The zero-order chi connectivity index (χ0) is 12.8. The average Bonchev–Trinajstić information content (AvgIpc) is 2.97. The van der Waals surface area contributed by atoms with Gasteiger partial charge in [-0.05, 0) is 24.3 Å². The third-order valence-corrected chi connectivity index (χ3v) is 3.61. The van der Waals surface area contributed by atoms with Crippen LogP contribution in [0.3, 0.4) is 0 Å². The number of thiophene rings is 1. The van der Waals surface area contributed by atoms with E-state index in [0.29, 0.717) is 0 Å². The fourth-order valence-electron chi connectivity index (χ4n) is 1.86. The van der Waals surface area contributed by atoms with E-state index >= 15 is 0 Å². The predicted molar refractivity (Wildman–Crippen MR) is 71.6 cm³/mol. The van der Waals surface area contributed by atoms with Gasteiger partial charge in [0.1, 0.15) is 5.82 Å². The zero-order valence-corrected chi connectivity index (χ0v) is 10.9. The summed E-state index contributed by atoms with van der Waals surface area (Å²) >= 11 is 1.68. The maximum absolute atomic E-state index is 10.4. The predicted octanol–water partition coefficient (Wildman–Crippen LogP) is 3.26. The number of carbonyl (C=O) groups is 1. The van der Waals surface area contributed by atoms with Crippen molar-refractivity contribution in [2.75, 3.05) is 0 Å². The minimum Gasteiger partial charge on any atom is -0.481 e. The van der Waals surface area contributed by atoms with Crippen LogP contribution in [0.25, 0.3) is 10.7 Å². The van der Waals surface area contributed by atoms with E-state index < -0.39 is 5.97 Å². The van der Waals surface area contributed by atoms with Crippen LogP contribution >= 0.6 is 11.3 Å². The number of carboxylic acid groups (broad SMARTS) is 1. The van der Waals surface area contributed by atoms with E-state index in [9.17, 15) is 4.79 Å². The second kappa shape index (κ2) is 6.35. The minimum atomic E-state index is -0.711. The van der Waals surface area contributed by atoms with Crippen LogP contribution in [-0.2, 0) is 11.3 Å². The van der Waals surface area contributed by atoms with Crippen LogP contribution in [-0.4, -0.2) is 20.6 Å². The summed E-state index contributed by atoms with van der Waals surface area (Å²) in [6, 6.07) is 4.08. The highest BCUT2D eigenvalue weighted by molar-refractivity contribution is 7.13. The Labute approximate surface area is 110 Å². The number of imidazole rings is 1. The third-order valence-electron chi connectivity index (χ3n) is 2.75. The maximum atomic E-state index is 10.4. The Morgan fingerprint density at radius 2 is 2.28 bits per heavy atom. The Morgan fingerprint density at radius 1 is 1.39 bits per heavy atom. The molecule has 0 aromatic carbocycles. The first kappa shape index (κ1) is 12.8. The van der Waals surface area contributed by atoms with E-state index in [1.807, 2.05) is 23.8 Å². The molecule has 0 bridgehead atoms. The Kier molecular flexibility index (Phi) is 4.52. The van der Waals surface area contributed by atoms with Crippen molar-refractivity contribution in [3.05, 3.63) is 29.9 Å². The summed E-state index contributed by atoms with van der Waals surface area (Å²) in [7, 11) is 0. The normalized spacial score (nSPS) is 10.7. The number of unbranched alkanes of at least 4 members (excludes halogenated alkanes) is 2. The number of rotatable bonds is 7. The molecule has 4 nitrogen and oxygen atoms in total. The molecule has 0 amide bonds. The standard InChI is InChI=1S/C13H16N2O2S/c16-12(17)6-2-1-3-8-15-9-7-14-13(15)11-5-4-10-18-11/h4-5,7,9-10H,1-3,6,8H2,(H,16,17). The SMILES string of the molecule is O=C(O)CCCCCn1ccnc1-c1cccs1. The number of aryl methyl sites for hydroxylation is 1. The zero-order valence-electron chi connectivity index (χ0n) is 10.1. The smallest absolute Gasteiger partial charge is 0.303 e. The number of aliphatic carboxylic acids is 1. The highest BCUT2D eigenvalue weighted by Crippen LogP contribution is 2.23. The first-order valence-electron chi connectivity index (χ1n) is 6.04. The molecule has 0 spiro atoms. The van der Waals surface area contributed by atoms with Crippen LogP contribution in [0.2, 0.25) is 0 Å². The van der Waals surface area contributed by atoms with Crippen molar-refractivity contribution in [3.8, 4) is 10.7 Å². The second-order valence-corrected chi connectivity index (χ2v) is 5.07. The van der Waals surface area contributed by atoms with E-state index in [-0.39, 0.29) is 6.42 Å². The fourth-order valence-corrected chi connectivity index (χ4v) is 2.59. The fraction of sp³-hybridized carbons (Fsp3) is 0.385. The largest absolute Gasteiger partial charge is 0.481 e. The van der Waals surface area contributed by atoms with Crippen molar-refractivity contribution in [1.82, 2.24) is 9.55 Å². The molecule has 2 aromatic rings. The van der Waals surface area contributed by atoms with Gasteiger partial charge < -0.3 is 9.67 Å². The molecular formula is C13H16N2O2S. The van der Waals surface area contributed by atoms with Gasteiger partial charge in [0.15, 0.2) is 0 Å². The molecular weight excluding hydrogens is 248 g/mol. The molecule has 96 valence electrons. The van der Waals surface area contributed by atoms with Crippen molar-refractivity contribution in [2.45, 2.75) is 32.2 Å². The van der Waals surface area contributed by atoms with Gasteiger partial charge in [-0.1, -0.05) is 12.5 Å². The molecule has 0 radical (unpaired) electrons. The molecule has 2 rings (SSSR count).